The van der Waals surface area contributed by atoms with Crippen LogP contribution in [0.4, 0.5) is 22.0 Å². The van der Waals surface area contributed by atoms with Crippen molar-refractivity contribution in [1.82, 2.24) is 0 Å². The average Bonchev–Trinajstić information content (AvgIpc) is 2.87. The van der Waals surface area contributed by atoms with E-state index in [-0.39, 0.29) is 21.9 Å². The molecule has 0 bridgehead atoms. The number of benzene rings is 3. The van der Waals surface area contributed by atoms with Crippen LogP contribution in [0.1, 0.15) is 16.7 Å². The van der Waals surface area contributed by atoms with Gasteiger partial charge in [-0.1, -0.05) is 12.1 Å². The van der Waals surface area contributed by atoms with Crippen molar-refractivity contribution in [3.63, 3.8) is 0 Å². The molecule has 0 fully saturated rings. The van der Waals surface area contributed by atoms with Gasteiger partial charge in [-0.2, -0.15) is 26.3 Å². The number of hydrogen-bond donors (Lipinski definition) is 0. The molecule has 0 heterocycles. The minimum atomic E-state index is -2.03. The van der Waals surface area contributed by atoms with E-state index < -0.39 is 56.6 Å². The first-order valence-electron chi connectivity index (χ1n) is 9.29. The highest BCUT2D eigenvalue weighted by molar-refractivity contribution is 5.83. The van der Waals surface area contributed by atoms with Crippen molar-refractivity contribution in [2.75, 3.05) is 0 Å². The SMILES string of the molecule is N#CC(C#N)=c1cc/c(=C(/C#N)c2c(F)c(F)c(C#N)c(F)c2F)c(-c2cc(C#N)ccc2F)c1. The van der Waals surface area contributed by atoms with Crippen LogP contribution >= 0.6 is 0 Å². The van der Waals surface area contributed by atoms with Gasteiger partial charge < -0.3 is 0 Å². The van der Waals surface area contributed by atoms with Gasteiger partial charge in [-0.05, 0) is 29.8 Å². The minimum absolute atomic E-state index is 0.0474. The molecule has 3 rings (SSSR count). The Labute approximate surface area is 194 Å². The average molecular weight is 471 g/mol. The van der Waals surface area contributed by atoms with Crippen molar-refractivity contribution in [3.05, 3.63) is 92.6 Å². The van der Waals surface area contributed by atoms with E-state index in [4.69, 9.17) is 5.26 Å². The number of rotatable bonds is 2. The van der Waals surface area contributed by atoms with Crippen molar-refractivity contribution in [2.45, 2.75) is 0 Å². The quantitative estimate of drug-likeness (QED) is 0.417. The maximum Gasteiger partial charge on any atom is 0.180 e. The molecule has 0 unspecified atom stereocenters. The normalized spacial score (nSPS) is 10.7. The molecule has 3 aromatic carbocycles. The Morgan fingerprint density at radius 2 is 1.26 bits per heavy atom. The van der Waals surface area contributed by atoms with Crippen LogP contribution in [0.2, 0.25) is 0 Å². The fourth-order valence-electron chi connectivity index (χ4n) is 3.30. The molecule has 0 saturated carbocycles. The van der Waals surface area contributed by atoms with Crippen LogP contribution in [0.3, 0.4) is 0 Å². The Morgan fingerprint density at radius 1 is 0.629 bits per heavy atom. The van der Waals surface area contributed by atoms with Crippen LogP contribution < -0.4 is 10.4 Å². The Kier molecular flexibility index (Phi) is 6.59. The molecule has 3 aromatic rings. The fourth-order valence-corrected chi connectivity index (χ4v) is 3.30. The number of nitriles is 5. The molecule has 0 radical (unpaired) electrons. The summed E-state index contributed by atoms with van der Waals surface area (Å²) < 4.78 is 72.8. The van der Waals surface area contributed by atoms with Gasteiger partial charge in [0.1, 0.15) is 41.2 Å². The number of halogens is 5. The molecule has 0 atom stereocenters. The van der Waals surface area contributed by atoms with Crippen molar-refractivity contribution < 1.29 is 22.0 Å². The van der Waals surface area contributed by atoms with Crippen molar-refractivity contribution in [2.24, 2.45) is 0 Å². The van der Waals surface area contributed by atoms with E-state index in [0.717, 1.165) is 42.5 Å². The second kappa shape index (κ2) is 9.55. The zero-order valence-corrected chi connectivity index (χ0v) is 17.1. The molecule has 0 amide bonds. The molecular weight excluding hydrogens is 465 g/mol. The second-order valence-corrected chi connectivity index (χ2v) is 6.77. The fraction of sp³-hybridized carbons (Fsp3) is 0. The Bertz CT molecular complexity index is 1710. The molecule has 5 nitrogen and oxygen atoms in total. The first-order chi connectivity index (χ1) is 16.7. The van der Waals surface area contributed by atoms with Crippen molar-refractivity contribution in [1.29, 1.82) is 26.3 Å². The van der Waals surface area contributed by atoms with Gasteiger partial charge in [-0.15, -0.1) is 0 Å². The van der Waals surface area contributed by atoms with E-state index in [0.29, 0.717) is 0 Å². The molecule has 0 saturated heterocycles. The molecule has 0 N–H and O–H groups in total. The van der Waals surface area contributed by atoms with Gasteiger partial charge in [-0.25, -0.2) is 22.0 Å². The third-order valence-electron chi connectivity index (χ3n) is 4.92. The topological polar surface area (TPSA) is 119 Å². The van der Waals surface area contributed by atoms with Gasteiger partial charge >= 0.3 is 0 Å². The summed E-state index contributed by atoms with van der Waals surface area (Å²) in [6.07, 6.45) is 0. The largest absolute Gasteiger partial charge is 0.206 e. The summed E-state index contributed by atoms with van der Waals surface area (Å²) in [5.74, 6) is -9.07. The lowest BCUT2D eigenvalue weighted by molar-refractivity contribution is 0.447. The first-order valence-corrected chi connectivity index (χ1v) is 9.29. The Balaban J connectivity index is 2.67. The maximum absolute atomic E-state index is 14.8. The molecular formula is C25H6F5N5. The lowest BCUT2D eigenvalue weighted by Gasteiger charge is -2.11. The van der Waals surface area contributed by atoms with Gasteiger partial charge in [0.2, 0.25) is 0 Å². The zero-order valence-electron chi connectivity index (χ0n) is 17.1. The Hall–Kier alpha value is -5.50. The van der Waals surface area contributed by atoms with E-state index in [2.05, 4.69) is 0 Å². The molecule has 0 aliphatic heterocycles. The third kappa shape index (κ3) is 4.03. The predicted molar refractivity (Wildman–Crippen MR) is 110 cm³/mol. The summed E-state index contributed by atoms with van der Waals surface area (Å²) in [6, 6.07) is 13.7. The first kappa shape index (κ1) is 24.1. The molecule has 0 aliphatic carbocycles. The van der Waals surface area contributed by atoms with Crippen LogP contribution in [0, 0.1) is 85.7 Å². The van der Waals surface area contributed by atoms with E-state index in [1.165, 1.54) is 6.07 Å². The highest BCUT2D eigenvalue weighted by Gasteiger charge is 2.28. The zero-order chi connectivity index (χ0) is 25.9. The predicted octanol–water partition coefficient (Wildman–Crippen LogP) is 3.71. The standard InChI is InChI=1S/C25H6F5N5/c26-20-4-1-12(7-31)5-17(20)16-6-13(14(8-32)9-33)2-3-15(16)18(10-34)21-24(29)22(27)19(11-35)23(28)25(21)30/h1-6H/b18-15+. The molecule has 10 heteroatoms. The summed E-state index contributed by atoms with van der Waals surface area (Å²) in [5.41, 5.74) is -5.10. The van der Waals surface area contributed by atoms with Gasteiger partial charge in [0.05, 0.1) is 22.8 Å². The van der Waals surface area contributed by atoms with Crippen LogP contribution in [0.15, 0.2) is 36.4 Å². The van der Waals surface area contributed by atoms with Gasteiger partial charge in [0.25, 0.3) is 0 Å². The third-order valence-corrected chi connectivity index (χ3v) is 4.92. The minimum Gasteiger partial charge on any atom is -0.206 e. The molecule has 0 spiro atoms. The van der Waals surface area contributed by atoms with Gasteiger partial charge in [0, 0.05) is 16.0 Å². The lowest BCUT2D eigenvalue weighted by Crippen LogP contribution is -2.19. The molecule has 166 valence electrons. The van der Waals surface area contributed by atoms with Crippen molar-refractivity contribution in [3.8, 4) is 41.5 Å². The number of hydrogen-bond acceptors (Lipinski definition) is 5. The maximum atomic E-state index is 14.8. The molecule has 0 aromatic heterocycles. The summed E-state index contributed by atoms with van der Waals surface area (Å²) in [4.78, 5) is 0. The highest BCUT2D eigenvalue weighted by Crippen LogP contribution is 2.29. The van der Waals surface area contributed by atoms with Gasteiger partial charge in [0.15, 0.2) is 23.3 Å². The van der Waals surface area contributed by atoms with Crippen LogP contribution in [-0.4, -0.2) is 0 Å². The van der Waals surface area contributed by atoms with E-state index in [1.807, 2.05) is 0 Å². The van der Waals surface area contributed by atoms with Crippen LogP contribution in [0.5, 0.6) is 0 Å². The summed E-state index contributed by atoms with van der Waals surface area (Å²) in [5, 5.41) is 45.5. The van der Waals surface area contributed by atoms with Crippen LogP contribution in [-0.2, 0) is 0 Å². The summed E-state index contributed by atoms with van der Waals surface area (Å²) >= 11 is 0. The van der Waals surface area contributed by atoms with E-state index in [9.17, 15) is 43.0 Å². The van der Waals surface area contributed by atoms with Crippen LogP contribution in [0.25, 0.3) is 22.3 Å². The lowest BCUT2D eigenvalue weighted by atomic mass is 9.93. The molecule has 35 heavy (non-hydrogen) atoms. The number of nitrogens with zero attached hydrogens (tertiary/aromatic N) is 5. The van der Waals surface area contributed by atoms with E-state index in [1.54, 1.807) is 18.2 Å². The highest BCUT2D eigenvalue weighted by atomic mass is 19.2. The summed E-state index contributed by atoms with van der Waals surface area (Å²) in [7, 11) is 0. The van der Waals surface area contributed by atoms with Gasteiger partial charge in [-0.3, -0.25) is 0 Å². The Morgan fingerprint density at radius 3 is 1.77 bits per heavy atom. The smallest absolute Gasteiger partial charge is 0.180 e. The second-order valence-electron chi connectivity index (χ2n) is 6.77. The summed E-state index contributed by atoms with van der Waals surface area (Å²) in [6.45, 7) is 0. The monoisotopic (exact) mass is 471 g/mol. The molecule has 0 aliphatic rings. The van der Waals surface area contributed by atoms with E-state index >= 15 is 0 Å². The van der Waals surface area contributed by atoms with Crippen molar-refractivity contribution >= 4 is 11.1 Å².